The van der Waals surface area contributed by atoms with Crippen LogP contribution in [0.2, 0.25) is 0 Å². The molecule has 0 aromatic heterocycles. The van der Waals surface area contributed by atoms with E-state index in [-0.39, 0.29) is 18.1 Å². The molecule has 1 heterocycles. The predicted molar refractivity (Wildman–Crippen MR) is 67.2 cm³/mol. The Bertz CT molecular complexity index is 246. The molecule has 0 aromatic rings. The number of hydrogen-bond donors (Lipinski definition) is 2. The van der Waals surface area contributed by atoms with E-state index in [2.05, 4.69) is 31.1 Å². The molecule has 1 saturated heterocycles. The Labute approximate surface area is 104 Å². The number of nitrogens with zero attached hydrogens (tertiary/aromatic N) is 1. The Balaban J connectivity index is 2.35. The van der Waals surface area contributed by atoms with E-state index in [9.17, 15) is 4.79 Å². The van der Waals surface area contributed by atoms with Crippen LogP contribution >= 0.6 is 0 Å². The lowest BCUT2D eigenvalue weighted by Gasteiger charge is -2.25. The van der Waals surface area contributed by atoms with Crippen molar-refractivity contribution in [2.45, 2.75) is 45.8 Å². The summed E-state index contributed by atoms with van der Waals surface area (Å²) in [5.41, 5.74) is 2.15. The fourth-order valence-electron chi connectivity index (χ4n) is 2.26. The van der Waals surface area contributed by atoms with Gasteiger partial charge in [-0.3, -0.25) is 10.2 Å². The summed E-state index contributed by atoms with van der Waals surface area (Å²) in [6.07, 6.45) is 1.51. The average molecular weight is 243 g/mol. The van der Waals surface area contributed by atoms with E-state index >= 15 is 0 Å². The van der Waals surface area contributed by atoms with Crippen LogP contribution in [0.15, 0.2) is 0 Å². The number of carbonyl (C=O) groups is 1. The number of likely N-dealkylation sites (N-methyl/N-ethyl adjacent to an activating group) is 1. The Kier molecular flexibility index (Phi) is 5.88. The van der Waals surface area contributed by atoms with E-state index in [0.717, 1.165) is 32.5 Å². The van der Waals surface area contributed by atoms with Crippen molar-refractivity contribution in [3.8, 4) is 0 Å². The first-order valence-corrected chi connectivity index (χ1v) is 6.45. The molecular weight excluding hydrogens is 218 g/mol. The van der Waals surface area contributed by atoms with Gasteiger partial charge in [-0.25, -0.2) is 5.84 Å². The molecule has 1 aliphatic rings. The van der Waals surface area contributed by atoms with Gasteiger partial charge < -0.3 is 9.64 Å². The first kappa shape index (κ1) is 14.4. The van der Waals surface area contributed by atoms with Gasteiger partial charge >= 0.3 is 0 Å². The zero-order chi connectivity index (χ0) is 12.8. The Morgan fingerprint density at radius 2 is 2.24 bits per heavy atom. The van der Waals surface area contributed by atoms with Gasteiger partial charge in [0, 0.05) is 13.1 Å². The number of nitrogens with one attached hydrogen (secondary N) is 1. The molecule has 0 radical (unpaired) electrons. The molecule has 2 unspecified atom stereocenters. The van der Waals surface area contributed by atoms with Gasteiger partial charge in [-0.1, -0.05) is 20.8 Å². The Morgan fingerprint density at radius 3 is 2.76 bits per heavy atom. The Hall–Kier alpha value is -0.650. The van der Waals surface area contributed by atoms with E-state index in [0.29, 0.717) is 5.92 Å². The van der Waals surface area contributed by atoms with Crippen LogP contribution in [0.1, 0.15) is 33.6 Å². The molecule has 1 aliphatic heterocycles. The predicted octanol–water partition coefficient (Wildman–Crippen LogP) is 0.502. The second-order valence-corrected chi connectivity index (χ2v) is 5.08. The molecule has 2 atom stereocenters. The van der Waals surface area contributed by atoms with E-state index in [1.165, 1.54) is 0 Å². The summed E-state index contributed by atoms with van der Waals surface area (Å²) in [5.74, 6) is 5.54. The average Bonchev–Trinajstić information content (AvgIpc) is 2.75. The Morgan fingerprint density at radius 1 is 1.53 bits per heavy atom. The third kappa shape index (κ3) is 4.61. The molecule has 5 nitrogen and oxygen atoms in total. The molecule has 0 spiro atoms. The van der Waals surface area contributed by atoms with Crippen molar-refractivity contribution in [3.63, 3.8) is 0 Å². The van der Waals surface area contributed by atoms with Gasteiger partial charge in [-0.05, 0) is 25.3 Å². The van der Waals surface area contributed by atoms with Gasteiger partial charge in [0.2, 0.25) is 0 Å². The normalized spacial score (nSPS) is 24.6. The van der Waals surface area contributed by atoms with Crippen LogP contribution in [0.4, 0.5) is 0 Å². The first-order chi connectivity index (χ1) is 8.06. The first-order valence-electron chi connectivity index (χ1n) is 6.45. The summed E-state index contributed by atoms with van der Waals surface area (Å²) < 4.78 is 5.69. The summed E-state index contributed by atoms with van der Waals surface area (Å²) in [7, 11) is 0. The minimum Gasteiger partial charge on any atom is -0.364 e. The minimum atomic E-state index is -0.359. The van der Waals surface area contributed by atoms with Crippen molar-refractivity contribution >= 4 is 5.91 Å². The lowest BCUT2D eigenvalue weighted by atomic mass is 10.1. The number of ether oxygens (including phenoxy) is 1. The third-order valence-corrected chi connectivity index (χ3v) is 3.07. The maximum absolute atomic E-state index is 11.3. The standard InChI is InChI=1S/C12H25N3O2/c1-4-15(7-9(2)3)8-10-5-6-11(17-10)12(16)14-13/h9-11H,4-8,13H2,1-3H3,(H,14,16). The van der Waals surface area contributed by atoms with Gasteiger partial charge in [0.1, 0.15) is 6.10 Å². The molecule has 0 aromatic carbocycles. The molecule has 1 fully saturated rings. The molecule has 17 heavy (non-hydrogen) atoms. The van der Waals surface area contributed by atoms with E-state index < -0.39 is 0 Å². The molecule has 1 amide bonds. The molecule has 5 heteroatoms. The number of hydrogen-bond acceptors (Lipinski definition) is 4. The molecule has 0 aliphatic carbocycles. The number of nitrogens with two attached hydrogens (primary N) is 1. The van der Waals surface area contributed by atoms with E-state index in [4.69, 9.17) is 10.6 Å². The number of amides is 1. The monoisotopic (exact) mass is 243 g/mol. The van der Waals surface area contributed by atoms with Crippen molar-refractivity contribution < 1.29 is 9.53 Å². The van der Waals surface area contributed by atoms with Crippen LogP contribution in [-0.4, -0.2) is 42.6 Å². The van der Waals surface area contributed by atoms with Crippen LogP contribution in [0, 0.1) is 5.92 Å². The second kappa shape index (κ2) is 6.93. The molecule has 1 rings (SSSR count). The van der Waals surface area contributed by atoms with Crippen LogP contribution < -0.4 is 11.3 Å². The van der Waals surface area contributed by atoms with Crippen molar-refractivity contribution in [3.05, 3.63) is 0 Å². The van der Waals surface area contributed by atoms with E-state index in [1.807, 2.05) is 0 Å². The van der Waals surface area contributed by atoms with Crippen LogP contribution in [0.25, 0.3) is 0 Å². The second-order valence-electron chi connectivity index (χ2n) is 5.08. The fraction of sp³-hybridized carbons (Fsp3) is 0.917. The lowest BCUT2D eigenvalue weighted by molar-refractivity contribution is -0.132. The van der Waals surface area contributed by atoms with Crippen molar-refractivity contribution in [2.75, 3.05) is 19.6 Å². The summed E-state index contributed by atoms with van der Waals surface area (Å²) in [5, 5.41) is 0. The molecule has 3 N–H and O–H groups in total. The largest absolute Gasteiger partial charge is 0.364 e. The number of hydrazine groups is 1. The summed E-state index contributed by atoms with van der Waals surface area (Å²) in [4.78, 5) is 13.7. The van der Waals surface area contributed by atoms with E-state index in [1.54, 1.807) is 0 Å². The zero-order valence-corrected chi connectivity index (χ0v) is 11.1. The van der Waals surface area contributed by atoms with Crippen LogP contribution in [-0.2, 0) is 9.53 Å². The zero-order valence-electron chi connectivity index (χ0n) is 11.1. The highest BCUT2D eigenvalue weighted by atomic mass is 16.5. The maximum atomic E-state index is 11.3. The van der Waals surface area contributed by atoms with Crippen molar-refractivity contribution in [1.29, 1.82) is 0 Å². The number of rotatable bonds is 6. The van der Waals surface area contributed by atoms with Gasteiger partial charge in [0.05, 0.1) is 6.10 Å². The molecule has 0 saturated carbocycles. The smallest absolute Gasteiger partial charge is 0.263 e. The van der Waals surface area contributed by atoms with Gasteiger partial charge in [-0.2, -0.15) is 0 Å². The van der Waals surface area contributed by atoms with Gasteiger partial charge in [0.15, 0.2) is 0 Å². The highest BCUT2D eigenvalue weighted by molar-refractivity contribution is 5.80. The third-order valence-electron chi connectivity index (χ3n) is 3.07. The maximum Gasteiger partial charge on any atom is 0.263 e. The molecular formula is C12H25N3O2. The SMILES string of the molecule is CCN(CC(C)C)CC1CCC(C(=O)NN)O1. The quantitative estimate of drug-likeness (QED) is 0.405. The topological polar surface area (TPSA) is 67.6 Å². The summed E-state index contributed by atoms with van der Waals surface area (Å²) in [6.45, 7) is 9.58. The van der Waals surface area contributed by atoms with Gasteiger partial charge in [0.25, 0.3) is 5.91 Å². The van der Waals surface area contributed by atoms with Crippen molar-refractivity contribution in [2.24, 2.45) is 11.8 Å². The summed E-state index contributed by atoms with van der Waals surface area (Å²) in [6, 6.07) is 0. The van der Waals surface area contributed by atoms with Crippen LogP contribution in [0.3, 0.4) is 0 Å². The highest BCUT2D eigenvalue weighted by Crippen LogP contribution is 2.20. The minimum absolute atomic E-state index is 0.163. The fourth-order valence-corrected chi connectivity index (χ4v) is 2.26. The lowest BCUT2D eigenvalue weighted by Crippen LogP contribution is -2.40. The van der Waals surface area contributed by atoms with Crippen molar-refractivity contribution in [1.82, 2.24) is 10.3 Å². The van der Waals surface area contributed by atoms with Gasteiger partial charge in [-0.15, -0.1) is 0 Å². The molecule has 100 valence electrons. The highest BCUT2D eigenvalue weighted by Gasteiger charge is 2.31. The number of carbonyl (C=O) groups excluding carboxylic acids is 1. The molecule has 0 bridgehead atoms. The van der Waals surface area contributed by atoms with Crippen LogP contribution in [0.5, 0.6) is 0 Å². The summed E-state index contributed by atoms with van der Waals surface area (Å²) >= 11 is 0.